The molecule has 1 rings (SSSR count). The van der Waals surface area contributed by atoms with Gasteiger partial charge in [-0.2, -0.15) is 0 Å². The van der Waals surface area contributed by atoms with Gasteiger partial charge in [0.15, 0.2) is 0 Å². The molecule has 0 saturated heterocycles. The minimum absolute atomic E-state index is 0.240. The number of nitrogens with one attached hydrogen (secondary N) is 1. The summed E-state index contributed by atoms with van der Waals surface area (Å²) in [5.41, 5.74) is 0.240. The van der Waals surface area contributed by atoms with Crippen molar-refractivity contribution in [1.29, 1.82) is 0 Å². The predicted octanol–water partition coefficient (Wildman–Crippen LogP) is 4.94. The maximum absolute atomic E-state index is 4.98. The summed E-state index contributed by atoms with van der Waals surface area (Å²) in [6, 6.07) is 0. The van der Waals surface area contributed by atoms with Crippen molar-refractivity contribution in [3.63, 3.8) is 0 Å². The number of hydrogen-bond acceptors (Lipinski definition) is 3. The maximum Gasteiger partial charge on any atom is 0.0192 e. The lowest BCUT2D eigenvalue weighted by atomic mass is 9.84. The second-order valence-corrected chi connectivity index (χ2v) is 6.12. The van der Waals surface area contributed by atoms with Crippen molar-refractivity contribution in [1.82, 2.24) is 5.32 Å². The van der Waals surface area contributed by atoms with Gasteiger partial charge in [-0.25, -0.2) is 0 Å². The Kier molecular flexibility index (Phi) is 10.7. The van der Waals surface area contributed by atoms with Crippen molar-refractivity contribution >= 4 is 29.3 Å². The normalized spacial score (nSPS) is 21.9. The highest BCUT2D eigenvalue weighted by Crippen LogP contribution is 2.36. The van der Waals surface area contributed by atoms with Gasteiger partial charge in [-0.3, -0.25) is 0 Å². The summed E-state index contributed by atoms with van der Waals surface area (Å²) in [6.45, 7) is 4.55. The molecule has 1 unspecified atom stereocenters. The first kappa shape index (κ1) is 17.9. The molecule has 0 fully saturated rings. The molecule has 1 aliphatic heterocycles. The second-order valence-electron chi connectivity index (χ2n) is 4.90. The molecule has 1 atom stereocenters. The van der Waals surface area contributed by atoms with Crippen LogP contribution in [0.4, 0.5) is 0 Å². The molecule has 1 N–H and O–H groups in total. The fraction of sp³-hybridized carbons (Fsp3) is 0.667. The predicted molar refractivity (Wildman–Crippen MR) is 90.3 cm³/mol. The molecule has 0 radical (unpaired) electrons. The average molecular weight is 286 g/mol. The molecule has 104 valence electrons. The zero-order valence-corrected chi connectivity index (χ0v) is 13.8. The van der Waals surface area contributed by atoms with Crippen LogP contribution in [0.5, 0.6) is 0 Å². The van der Waals surface area contributed by atoms with E-state index in [9.17, 15) is 0 Å². The molecule has 1 nitrogen and oxygen atoms in total. The zero-order valence-electron chi connectivity index (χ0n) is 12.2. The summed E-state index contributed by atoms with van der Waals surface area (Å²) in [5.74, 6) is 0. The first-order valence-electron chi connectivity index (χ1n) is 6.72. The molecule has 0 aromatic rings. The van der Waals surface area contributed by atoms with Gasteiger partial charge in [-0.05, 0) is 25.9 Å². The Morgan fingerprint density at radius 2 is 2.00 bits per heavy atom. The quantitative estimate of drug-likeness (QED) is 0.548. The van der Waals surface area contributed by atoms with Crippen LogP contribution in [0.2, 0.25) is 0 Å². The third-order valence-electron chi connectivity index (χ3n) is 2.81. The first-order valence-corrected chi connectivity index (χ1v) is 8.08. The minimum Gasteiger partial charge on any atom is -0.323 e. The van der Waals surface area contributed by atoms with Crippen LogP contribution in [0, 0.1) is 5.41 Å². The van der Waals surface area contributed by atoms with E-state index >= 15 is 0 Å². The number of unbranched alkanes of at least 4 members (excludes halogenated alkanes) is 3. The lowest BCUT2D eigenvalue weighted by Gasteiger charge is -2.25. The Bertz CT molecular complexity index is 284. The molecule has 0 aliphatic carbocycles. The topological polar surface area (TPSA) is 12.0 Å². The van der Waals surface area contributed by atoms with E-state index in [0.29, 0.717) is 0 Å². The molecular weight excluding hydrogens is 258 g/mol. The van der Waals surface area contributed by atoms with Gasteiger partial charge in [-0.1, -0.05) is 75.7 Å². The molecule has 3 heteroatoms. The lowest BCUT2D eigenvalue weighted by molar-refractivity contribution is 0.460. The monoisotopic (exact) mass is 285 g/mol. The third kappa shape index (κ3) is 8.06. The molecule has 0 amide bonds. The minimum atomic E-state index is 0.240. The molecule has 18 heavy (non-hydrogen) atoms. The Morgan fingerprint density at radius 1 is 1.33 bits per heavy atom. The highest BCUT2D eigenvalue weighted by molar-refractivity contribution is 8.07. The van der Waals surface area contributed by atoms with Crippen LogP contribution in [-0.4, -0.2) is 19.5 Å². The van der Waals surface area contributed by atoms with Crippen LogP contribution in [0.15, 0.2) is 22.5 Å². The van der Waals surface area contributed by atoms with Crippen molar-refractivity contribution in [2.45, 2.75) is 46.0 Å². The van der Waals surface area contributed by atoms with Gasteiger partial charge >= 0.3 is 0 Å². The summed E-state index contributed by atoms with van der Waals surface area (Å²) in [5, 5.41) is 6.72. The van der Waals surface area contributed by atoms with E-state index in [1.165, 1.54) is 37.0 Å². The van der Waals surface area contributed by atoms with Crippen LogP contribution in [0.1, 0.15) is 46.0 Å². The maximum atomic E-state index is 4.98. The Hall–Kier alpha value is -0.120. The molecule has 0 aromatic carbocycles. The molecule has 0 bridgehead atoms. The molecular formula is C15H27NS2. The standard InChI is InChI=1S/C13H20S2.C2H7N/c1-3-4-5-6-7-13(2)8-9-15-12(10-13)11-14;1-3-2/h8-11H,3-7H2,1-2H3;3H,1-2H3. The van der Waals surface area contributed by atoms with Crippen molar-refractivity contribution < 1.29 is 0 Å². The van der Waals surface area contributed by atoms with E-state index in [1.54, 1.807) is 17.1 Å². The van der Waals surface area contributed by atoms with Gasteiger partial charge in [-0.15, -0.1) is 0 Å². The Balaban J connectivity index is 0.000000873. The van der Waals surface area contributed by atoms with Gasteiger partial charge in [0.1, 0.15) is 0 Å². The van der Waals surface area contributed by atoms with Gasteiger partial charge in [0, 0.05) is 15.7 Å². The molecule has 1 heterocycles. The first-order chi connectivity index (χ1) is 8.61. The van der Waals surface area contributed by atoms with E-state index in [4.69, 9.17) is 12.2 Å². The summed E-state index contributed by atoms with van der Waals surface area (Å²) in [4.78, 5) is 1.23. The van der Waals surface area contributed by atoms with E-state index in [1.807, 2.05) is 14.1 Å². The highest BCUT2D eigenvalue weighted by Gasteiger charge is 2.20. The van der Waals surface area contributed by atoms with Crippen molar-refractivity contribution in [3.05, 3.63) is 22.5 Å². The van der Waals surface area contributed by atoms with Crippen LogP contribution in [-0.2, 0) is 0 Å². The van der Waals surface area contributed by atoms with Gasteiger partial charge in [0.05, 0.1) is 0 Å². The Morgan fingerprint density at radius 3 is 2.56 bits per heavy atom. The SMILES string of the molecule is CCCCCCC1(C)C=CSC(C=S)=C1.CNC. The summed E-state index contributed by atoms with van der Waals surface area (Å²) in [7, 11) is 3.75. The van der Waals surface area contributed by atoms with Gasteiger partial charge in [0.25, 0.3) is 0 Å². The van der Waals surface area contributed by atoms with Crippen LogP contribution >= 0.6 is 24.0 Å². The van der Waals surface area contributed by atoms with Crippen molar-refractivity contribution in [3.8, 4) is 0 Å². The van der Waals surface area contributed by atoms with Gasteiger partial charge in [0.2, 0.25) is 0 Å². The third-order valence-corrected chi connectivity index (χ3v) is 3.99. The summed E-state index contributed by atoms with van der Waals surface area (Å²) >= 11 is 6.71. The van der Waals surface area contributed by atoms with Gasteiger partial charge < -0.3 is 5.32 Å². The van der Waals surface area contributed by atoms with E-state index in [0.717, 1.165) is 0 Å². The molecule has 0 spiro atoms. The number of hydrogen-bond donors (Lipinski definition) is 1. The number of allylic oxidation sites excluding steroid dienone is 3. The summed E-state index contributed by atoms with van der Waals surface area (Å²) in [6.07, 6.45) is 11.2. The lowest BCUT2D eigenvalue weighted by Crippen LogP contribution is -2.12. The molecule has 1 aliphatic rings. The van der Waals surface area contributed by atoms with Crippen molar-refractivity contribution in [2.75, 3.05) is 14.1 Å². The van der Waals surface area contributed by atoms with E-state index in [-0.39, 0.29) is 5.41 Å². The molecule has 0 saturated carbocycles. The fourth-order valence-corrected chi connectivity index (χ4v) is 2.99. The second kappa shape index (κ2) is 10.8. The smallest absolute Gasteiger partial charge is 0.0192 e. The number of thiocarbonyl (C=S) groups is 1. The van der Waals surface area contributed by atoms with Crippen LogP contribution in [0.3, 0.4) is 0 Å². The van der Waals surface area contributed by atoms with Crippen LogP contribution < -0.4 is 5.32 Å². The summed E-state index contributed by atoms with van der Waals surface area (Å²) < 4.78 is 0. The fourth-order valence-electron chi connectivity index (χ4n) is 1.83. The van der Waals surface area contributed by atoms with Crippen molar-refractivity contribution in [2.24, 2.45) is 5.41 Å². The zero-order chi connectivity index (χ0) is 13.9. The number of thioether (sulfide) groups is 1. The van der Waals surface area contributed by atoms with E-state index in [2.05, 4.69) is 36.7 Å². The average Bonchev–Trinajstić information content (AvgIpc) is 2.36. The van der Waals surface area contributed by atoms with E-state index < -0.39 is 0 Å². The molecule has 0 aromatic heterocycles. The number of rotatable bonds is 6. The highest BCUT2D eigenvalue weighted by atomic mass is 32.2. The van der Waals surface area contributed by atoms with Crippen LogP contribution in [0.25, 0.3) is 0 Å². The largest absolute Gasteiger partial charge is 0.323 e. The Labute approximate surface area is 123 Å².